The standard InChI is InChI=1S/C15H22N4/c1-13-10-15(18(2)17-13)12-19(9-8-16)11-14-6-4-3-5-7-14/h3-7,10H,8-9,11-12,16H2,1-2H3. The summed E-state index contributed by atoms with van der Waals surface area (Å²) in [5.41, 5.74) is 9.31. The zero-order valence-electron chi connectivity index (χ0n) is 11.7. The van der Waals surface area contributed by atoms with E-state index in [-0.39, 0.29) is 0 Å². The molecule has 19 heavy (non-hydrogen) atoms. The molecule has 102 valence electrons. The number of rotatable bonds is 6. The van der Waals surface area contributed by atoms with Crippen LogP contribution >= 0.6 is 0 Å². The fourth-order valence-corrected chi connectivity index (χ4v) is 2.28. The quantitative estimate of drug-likeness (QED) is 0.857. The SMILES string of the molecule is Cc1cc(CN(CCN)Cc2ccccc2)n(C)n1. The number of hydrogen-bond acceptors (Lipinski definition) is 3. The van der Waals surface area contributed by atoms with E-state index >= 15 is 0 Å². The van der Waals surface area contributed by atoms with Crippen LogP contribution < -0.4 is 5.73 Å². The second-order valence-corrected chi connectivity index (χ2v) is 4.89. The van der Waals surface area contributed by atoms with Gasteiger partial charge >= 0.3 is 0 Å². The van der Waals surface area contributed by atoms with E-state index in [1.165, 1.54) is 11.3 Å². The first-order valence-electron chi connectivity index (χ1n) is 6.65. The molecule has 0 saturated carbocycles. The first-order chi connectivity index (χ1) is 9.19. The van der Waals surface area contributed by atoms with Gasteiger partial charge in [-0.15, -0.1) is 0 Å². The highest BCUT2D eigenvalue weighted by atomic mass is 15.3. The van der Waals surface area contributed by atoms with Crippen LogP contribution in [0.5, 0.6) is 0 Å². The molecule has 0 aliphatic rings. The molecule has 0 amide bonds. The molecule has 4 nitrogen and oxygen atoms in total. The molecule has 0 atom stereocenters. The average molecular weight is 258 g/mol. The smallest absolute Gasteiger partial charge is 0.0597 e. The molecule has 1 aromatic heterocycles. The van der Waals surface area contributed by atoms with Crippen LogP contribution in [0.25, 0.3) is 0 Å². The highest BCUT2D eigenvalue weighted by molar-refractivity contribution is 5.15. The predicted octanol–water partition coefficient (Wildman–Crippen LogP) is 1.69. The summed E-state index contributed by atoms with van der Waals surface area (Å²) in [6, 6.07) is 12.6. The summed E-state index contributed by atoms with van der Waals surface area (Å²) in [7, 11) is 1.99. The van der Waals surface area contributed by atoms with Crippen molar-refractivity contribution in [2.75, 3.05) is 13.1 Å². The van der Waals surface area contributed by atoms with Crippen molar-refractivity contribution in [2.45, 2.75) is 20.0 Å². The third-order valence-electron chi connectivity index (χ3n) is 3.18. The Labute approximate surface area is 114 Å². The van der Waals surface area contributed by atoms with Crippen LogP contribution in [0.3, 0.4) is 0 Å². The summed E-state index contributed by atoms with van der Waals surface area (Å²) in [6.45, 7) is 5.38. The third-order valence-corrected chi connectivity index (χ3v) is 3.18. The lowest BCUT2D eigenvalue weighted by atomic mass is 10.2. The normalized spacial score (nSPS) is 11.2. The van der Waals surface area contributed by atoms with Crippen LogP contribution in [0.4, 0.5) is 0 Å². The van der Waals surface area contributed by atoms with Crippen molar-refractivity contribution in [2.24, 2.45) is 12.8 Å². The summed E-state index contributed by atoms with van der Waals surface area (Å²) in [5, 5.41) is 4.39. The topological polar surface area (TPSA) is 47.1 Å². The van der Waals surface area contributed by atoms with Crippen molar-refractivity contribution in [3.05, 3.63) is 53.3 Å². The van der Waals surface area contributed by atoms with Gasteiger partial charge in [0.1, 0.15) is 0 Å². The monoisotopic (exact) mass is 258 g/mol. The van der Waals surface area contributed by atoms with E-state index in [1.54, 1.807) is 0 Å². The first kappa shape index (κ1) is 13.8. The maximum atomic E-state index is 5.72. The van der Waals surface area contributed by atoms with Crippen LogP contribution in [-0.2, 0) is 20.1 Å². The second kappa shape index (κ2) is 6.50. The summed E-state index contributed by atoms with van der Waals surface area (Å²) in [4.78, 5) is 2.35. The van der Waals surface area contributed by atoms with Crippen molar-refractivity contribution in [1.82, 2.24) is 14.7 Å². The minimum atomic E-state index is 0.670. The Morgan fingerprint density at radius 3 is 2.53 bits per heavy atom. The van der Waals surface area contributed by atoms with E-state index in [0.717, 1.165) is 25.3 Å². The number of benzene rings is 1. The van der Waals surface area contributed by atoms with Crippen molar-refractivity contribution in [1.29, 1.82) is 0 Å². The minimum Gasteiger partial charge on any atom is -0.329 e. The molecule has 0 radical (unpaired) electrons. The minimum absolute atomic E-state index is 0.670. The van der Waals surface area contributed by atoms with Gasteiger partial charge in [-0.3, -0.25) is 9.58 Å². The van der Waals surface area contributed by atoms with Gasteiger partial charge in [0.15, 0.2) is 0 Å². The number of nitrogens with two attached hydrogens (primary N) is 1. The van der Waals surface area contributed by atoms with Crippen LogP contribution in [-0.4, -0.2) is 27.8 Å². The molecule has 0 unspecified atom stereocenters. The van der Waals surface area contributed by atoms with E-state index in [1.807, 2.05) is 24.7 Å². The summed E-state index contributed by atoms with van der Waals surface area (Å²) < 4.78 is 1.95. The van der Waals surface area contributed by atoms with Gasteiger partial charge < -0.3 is 5.73 Å². The van der Waals surface area contributed by atoms with Crippen LogP contribution in [0, 0.1) is 6.92 Å². The summed E-state index contributed by atoms with van der Waals surface area (Å²) in [6.07, 6.45) is 0. The molecule has 0 saturated heterocycles. The Hall–Kier alpha value is -1.65. The Balaban J connectivity index is 2.06. The van der Waals surface area contributed by atoms with Gasteiger partial charge in [-0.25, -0.2) is 0 Å². The fourth-order valence-electron chi connectivity index (χ4n) is 2.28. The van der Waals surface area contributed by atoms with E-state index in [4.69, 9.17) is 5.73 Å². The highest BCUT2D eigenvalue weighted by Crippen LogP contribution is 2.10. The molecule has 0 fully saturated rings. The second-order valence-electron chi connectivity index (χ2n) is 4.89. The highest BCUT2D eigenvalue weighted by Gasteiger charge is 2.09. The molecule has 2 rings (SSSR count). The van der Waals surface area contributed by atoms with Gasteiger partial charge in [-0.2, -0.15) is 5.10 Å². The lowest BCUT2D eigenvalue weighted by Crippen LogP contribution is -2.29. The fraction of sp³-hybridized carbons (Fsp3) is 0.400. The van der Waals surface area contributed by atoms with E-state index in [2.05, 4.69) is 40.3 Å². The maximum absolute atomic E-state index is 5.72. The zero-order valence-corrected chi connectivity index (χ0v) is 11.7. The van der Waals surface area contributed by atoms with Gasteiger partial charge in [0.2, 0.25) is 0 Å². The summed E-state index contributed by atoms with van der Waals surface area (Å²) >= 11 is 0. The van der Waals surface area contributed by atoms with Crippen molar-refractivity contribution in [3.63, 3.8) is 0 Å². The van der Waals surface area contributed by atoms with Gasteiger partial charge in [0.25, 0.3) is 0 Å². The van der Waals surface area contributed by atoms with E-state index < -0.39 is 0 Å². The van der Waals surface area contributed by atoms with Gasteiger partial charge in [-0.05, 0) is 18.6 Å². The van der Waals surface area contributed by atoms with Crippen LogP contribution in [0.2, 0.25) is 0 Å². The lowest BCUT2D eigenvalue weighted by molar-refractivity contribution is 0.257. The molecular weight excluding hydrogens is 236 g/mol. The van der Waals surface area contributed by atoms with Crippen molar-refractivity contribution >= 4 is 0 Å². The first-order valence-corrected chi connectivity index (χ1v) is 6.65. The van der Waals surface area contributed by atoms with Gasteiger partial charge in [0, 0.05) is 33.2 Å². The average Bonchev–Trinajstić information content (AvgIpc) is 2.69. The number of nitrogens with zero attached hydrogens (tertiary/aromatic N) is 3. The van der Waals surface area contributed by atoms with E-state index in [9.17, 15) is 0 Å². The molecule has 4 heteroatoms. The van der Waals surface area contributed by atoms with E-state index in [0.29, 0.717) is 6.54 Å². The molecule has 2 aromatic rings. The Bertz CT molecular complexity index is 504. The zero-order chi connectivity index (χ0) is 13.7. The molecule has 0 aliphatic carbocycles. The molecule has 1 heterocycles. The molecule has 1 aromatic carbocycles. The van der Waals surface area contributed by atoms with Crippen LogP contribution in [0.15, 0.2) is 36.4 Å². The molecule has 2 N–H and O–H groups in total. The largest absolute Gasteiger partial charge is 0.329 e. The molecule has 0 spiro atoms. The maximum Gasteiger partial charge on any atom is 0.0597 e. The van der Waals surface area contributed by atoms with Crippen molar-refractivity contribution in [3.8, 4) is 0 Å². The number of aromatic nitrogens is 2. The summed E-state index contributed by atoms with van der Waals surface area (Å²) in [5.74, 6) is 0. The van der Waals surface area contributed by atoms with Gasteiger partial charge in [-0.1, -0.05) is 30.3 Å². The van der Waals surface area contributed by atoms with Crippen LogP contribution in [0.1, 0.15) is 17.0 Å². The molecule has 0 bridgehead atoms. The number of hydrogen-bond donors (Lipinski definition) is 1. The lowest BCUT2D eigenvalue weighted by Gasteiger charge is -2.21. The van der Waals surface area contributed by atoms with Gasteiger partial charge in [0.05, 0.1) is 11.4 Å². The molecule has 0 aliphatic heterocycles. The number of aryl methyl sites for hydroxylation is 2. The third kappa shape index (κ3) is 3.91. The Kier molecular flexibility index (Phi) is 4.71. The predicted molar refractivity (Wildman–Crippen MR) is 77.6 cm³/mol. The Morgan fingerprint density at radius 2 is 1.95 bits per heavy atom. The Morgan fingerprint density at radius 1 is 1.21 bits per heavy atom. The van der Waals surface area contributed by atoms with Crippen molar-refractivity contribution < 1.29 is 0 Å². The molecular formula is C15H22N4.